The maximum atomic E-state index is 14.1. The number of carboxylic acid groups (broad SMARTS) is 1. The summed E-state index contributed by atoms with van der Waals surface area (Å²) in [4.78, 5) is 25.6. The number of hydrogen-bond donors (Lipinski definition) is 1. The van der Waals surface area contributed by atoms with Crippen molar-refractivity contribution in [2.24, 2.45) is 0 Å². The smallest absolute Gasteiger partial charge is 0.335 e. The zero-order valence-electron chi connectivity index (χ0n) is 24.0. The van der Waals surface area contributed by atoms with Crippen LogP contribution >= 0.6 is 0 Å². The molecule has 43 heavy (non-hydrogen) atoms. The van der Waals surface area contributed by atoms with Gasteiger partial charge in [-0.05, 0) is 84.5 Å². The number of benzene rings is 4. The molecule has 6 nitrogen and oxygen atoms in total. The third-order valence-corrected chi connectivity index (χ3v) is 8.33. The van der Waals surface area contributed by atoms with Crippen molar-refractivity contribution in [3.8, 4) is 11.4 Å². The molecular formula is C36H33FN2O4. The van der Waals surface area contributed by atoms with E-state index in [2.05, 4.69) is 10.6 Å². The zero-order valence-corrected chi connectivity index (χ0v) is 24.0. The molecule has 0 spiro atoms. The molecule has 1 aromatic heterocycles. The van der Waals surface area contributed by atoms with E-state index in [1.807, 2.05) is 59.5 Å². The Morgan fingerprint density at radius 3 is 2.21 bits per heavy atom. The highest BCUT2D eigenvalue weighted by Crippen LogP contribution is 2.43. The summed E-state index contributed by atoms with van der Waals surface area (Å²) in [5, 5.41) is 10.4. The van der Waals surface area contributed by atoms with Crippen molar-refractivity contribution in [1.29, 1.82) is 0 Å². The van der Waals surface area contributed by atoms with Crippen molar-refractivity contribution in [1.82, 2.24) is 9.47 Å². The molecular weight excluding hydrogens is 543 g/mol. The lowest BCUT2D eigenvalue weighted by atomic mass is 9.88. The number of amides is 1. The molecule has 5 aromatic rings. The van der Waals surface area contributed by atoms with Gasteiger partial charge in [-0.1, -0.05) is 48.5 Å². The van der Waals surface area contributed by atoms with E-state index in [9.17, 15) is 19.1 Å². The Morgan fingerprint density at radius 1 is 0.860 bits per heavy atom. The van der Waals surface area contributed by atoms with Crippen LogP contribution in [0, 0.1) is 5.82 Å². The van der Waals surface area contributed by atoms with Gasteiger partial charge in [-0.2, -0.15) is 0 Å². The number of carboxylic acids is 1. The minimum atomic E-state index is -0.964. The summed E-state index contributed by atoms with van der Waals surface area (Å²) >= 11 is 0. The molecule has 1 saturated heterocycles. The van der Waals surface area contributed by atoms with Crippen LogP contribution in [0.5, 0.6) is 5.75 Å². The van der Waals surface area contributed by atoms with Crippen LogP contribution in [0.2, 0.25) is 0 Å². The summed E-state index contributed by atoms with van der Waals surface area (Å²) in [7, 11) is 0. The number of rotatable bonds is 8. The van der Waals surface area contributed by atoms with Crippen LogP contribution in [0.15, 0.2) is 97.1 Å². The lowest BCUT2D eigenvalue weighted by molar-refractivity contribution is -0.129. The minimum Gasteiger partial charge on any atom is -0.488 e. The van der Waals surface area contributed by atoms with Crippen LogP contribution < -0.4 is 4.74 Å². The van der Waals surface area contributed by atoms with Crippen molar-refractivity contribution in [3.63, 3.8) is 0 Å². The fraction of sp³-hybridized carbons (Fsp3) is 0.222. The molecule has 0 radical (unpaired) electrons. The Bertz CT molecular complexity index is 1750. The predicted molar refractivity (Wildman–Crippen MR) is 164 cm³/mol. The summed E-state index contributed by atoms with van der Waals surface area (Å²) in [5.41, 5.74) is 6.28. The maximum absolute atomic E-state index is 14.1. The summed E-state index contributed by atoms with van der Waals surface area (Å²) in [6.07, 6.45) is 2.14. The van der Waals surface area contributed by atoms with Crippen LogP contribution in [-0.2, 0) is 17.8 Å². The van der Waals surface area contributed by atoms with Crippen molar-refractivity contribution < 1.29 is 23.8 Å². The van der Waals surface area contributed by atoms with E-state index >= 15 is 0 Å². The number of hydrogen-bond acceptors (Lipinski definition) is 3. The predicted octanol–water partition coefficient (Wildman–Crippen LogP) is 7.36. The lowest BCUT2D eigenvalue weighted by Gasteiger charge is -2.32. The minimum absolute atomic E-state index is 0.0767. The van der Waals surface area contributed by atoms with E-state index in [4.69, 9.17) is 4.74 Å². The van der Waals surface area contributed by atoms with Crippen molar-refractivity contribution in [2.45, 2.75) is 38.7 Å². The van der Waals surface area contributed by atoms with Gasteiger partial charge < -0.3 is 19.3 Å². The molecule has 1 aliphatic rings. The number of fused-ring (bicyclic) bond motifs is 1. The zero-order chi connectivity index (χ0) is 29.9. The van der Waals surface area contributed by atoms with Crippen LogP contribution in [-0.4, -0.2) is 39.5 Å². The van der Waals surface area contributed by atoms with Crippen LogP contribution in [0.25, 0.3) is 16.6 Å². The SMILES string of the molecule is CC(=O)N1CCC(c2c(Cc3ccc(C(=O)O)cc3)c3c(OCc4ccccc4)cccc3n2-c2ccc(F)cc2)CC1. The molecule has 0 saturated carbocycles. The van der Waals surface area contributed by atoms with E-state index in [1.54, 1.807) is 31.2 Å². The molecule has 4 aromatic carbocycles. The number of aromatic nitrogens is 1. The average molecular weight is 577 g/mol. The highest BCUT2D eigenvalue weighted by atomic mass is 19.1. The molecule has 0 bridgehead atoms. The molecule has 0 unspecified atom stereocenters. The second-order valence-electron chi connectivity index (χ2n) is 11.1. The van der Waals surface area contributed by atoms with Crippen molar-refractivity contribution in [3.05, 3.63) is 131 Å². The molecule has 0 aliphatic carbocycles. The maximum Gasteiger partial charge on any atom is 0.335 e. The standard InChI is InChI=1S/C36H33FN2O4/c1-24(40)38-20-18-27(19-21-38)35-31(22-25-10-12-28(13-11-25)36(41)42)34-32(39(35)30-16-14-29(37)15-17-30)8-5-9-33(34)43-23-26-6-3-2-4-7-26/h2-17,27H,18-23H2,1H3,(H,41,42). The fourth-order valence-electron chi connectivity index (χ4n) is 6.17. The quantitative estimate of drug-likeness (QED) is 0.210. The van der Waals surface area contributed by atoms with Crippen LogP contribution in [0.4, 0.5) is 4.39 Å². The molecule has 1 aliphatic heterocycles. The van der Waals surface area contributed by atoms with E-state index in [0.29, 0.717) is 26.1 Å². The first-order valence-corrected chi connectivity index (χ1v) is 14.6. The third kappa shape index (κ3) is 5.89. The van der Waals surface area contributed by atoms with E-state index in [1.165, 1.54) is 12.1 Å². The second kappa shape index (κ2) is 12.1. The van der Waals surface area contributed by atoms with Gasteiger partial charge in [0, 0.05) is 42.7 Å². The third-order valence-electron chi connectivity index (χ3n) is 8.33. The molecule has 1 fully saturated rings. The fourth-order valence-corrected chi connectivity index (χ4v) is 6.17. The van der Waals surface area contributed by atoms with Crippen molar-refractivity contribution >= 4 is 22.8 Å². The highest BCUT2D eigenvalue weighted by Gasteiger charge is 2.30. The monoisotopic (exact) mass is 576 g/mol. The normalized spacial score (nSPS) is 13.8. The van der Waals surface area contributed by atoms with Crippen LogP contribution in [0.1, 0.15) is 58.4 Å². The summed E-state index contributed by atoms with van der Waals surface area (Å²) in [6, 6.07) is 29.6. The number of likely N-dealkylation sites (tertiary alicyclic amines) is 1. The Hall–Kier alpha value is -4.91. The Labute approximate surface area is 250 Å². The van der Waals surface area contributed by atoms with Gasteiger partial charge in [-0.3, -0.25) is 4.79 Å². The van der Waals surface area contributed by atoms with Crippen LogP contribution in [0.3, 0.4) is 0 Å². The number of aromatic carboxylic acids is 1. The summed E-state index contributed by atoms with van der Waals surface area (Å²) < 4.78 is 22.8. The molecule has 6 rings (SSSR count). The molecule has 0 atom stereocenters. The first-order chi connectivity index (χ1) is 20.9. The van der Waals surface area contributed by atoms with E-state index < -0.39 is 5.97 Å². The van der Waals surface area contributed by atoms with Gasteiger partial charge in [-0.15, -0.1) is 0 Å². The van der Waals surface area contributed by atoms with Gasteiger partial charge in [0.15, 0.2) is 0 Å². The Balaban J connectivity index is 1.54. The number of carbonyl (C=O) groups excluding carboxylic acids is 1. The van der Waals surface area contributed by atoms with Gasteiger partial charge in [0.25, 0.3) is 0 Å². The lowest BCUT2D eigenvalue weighted by Crippen LogP contribution is -2.36. The van der Waals surface area contributed by atoms with Gasteiger partial charge in [-0.25, -0.2) is 9.18 Å². The average Bonchev–Trinajstić information content (AvgIpc) is 3.35. The van der Waals surface area contributed by atoms with Gasteiger partial charge >= 0.3 is 5.97 Å². The largest absolute Gasteiger partial charge is 0.488 e. The Kier molecular flexibility index (Phi) is 7.97. The first-order valence-electron chi connectivity index (χ1n) is 14.6. The number of carbonyl (C=O) groups is 2. The second-order valence-corrected chi connectivity index (χ2v) is 11.1. The number of nitrogens with zero attached hydrogens (tertiary/aromatic N) is 2. The van der Waals surface area contributed by atoms with Gasteiger partial charge in [0.1, 0.15) is 18.2 Å². The summed E-state index contributed by atoms with van der Waals surface area (Å²) in [5.74, 6) is -0.297. The molecule has 7 heteroatoms. The molecule has 1 N–H and O–H groups in total. The topological polar surface area (TPSA) is 71.8 Å². The number of piperidine rings is 1. The highest BCUT2D eigenvalue weighted by molar-refractivity contribution is 5.93. The molecule has 1 amide bonds. The summed E-state index contributed by atoms with van der Waals surface area (Å²) in [6.45, 7) is 3.34. The number of ether oxygens (including phenoxy) is 1. The van der Waals surface area contributed by atoms with Gasteiger partial charge in [0.05, 0.1) is 11.1 Å². The number of halogens is 1. The first kappa shape index (κ1) is 28.2. The molecule has 218 valence electrons. The Morgan fingerprint density at radius 2 is 1.56 bits per heavy atom. The van der Waals surface area contributed by atoms with E-state index in [0.717, 1.165) is 57.6 Å². The molecule has 2 heterocycles. The van der Waals surface area contributed by atoms with Crippen molar-refractivity contribution in [2.75, 3.05) is 13.1 Å². The van der Waals surface area contributed by atoms with Gasteiger partial charge in [0.2, 0.25) is 5.91 Å². The van der Waals surface area contributed by atoms with E-state index in [-0.39, 0.29) is 23.2 Å².